The topological polar surface area (TPSA) is 101 Å². The van der Waals surface area contributed by atoms with Gasteiger partial charge >= 0.3 is 0 Å². The lowest BCUT2D eigenvalue weighted by Gasteiger charge is -2.41. The molecule has 0 radical (unpaired) electrons. The van der Waals surface area contributed by atoms with Crippen LogP contribution in [0.1, 0.15) is 6.04 Å². The van der Waals surface area contributed by atoms with Crippen molar-refractivity contribution in [2.45, 2.75) is 34.7 Å². The average molecular weight is 540 g/mol. The van der Waals surface area contributed by atoms with E-state index < -0.39 is 59.7 Å². The highest BCUT2D eigenvalue weighted by Crippen LogP contribution is 2.40. The first-order valence-electron chi connectivity index (χ1n) is 9.61. The van der Waals surface area contributed by atoms with E-state index in [0.717, 1.165) is 28.6 Å². The number of rotatable bonds is 5. The fourth-order valence-corrected chi connectivity index (χ4v) is 5.23. The first-order chi connectivity index (χ1) is 16.1. The second-order valence-corrected chi connectivity index (χ2v) is 9.34. The molecule has 34 heavy (non-hydrogen) atoms. The van der Waals surface area contributed by atoms with Gasteiger partial charge < -0.3 is 20.1 Å². The highest BCUT2D eigenvalue weighted by atomic mass is 35.5. The zero-order chi connectivity index (χ0) is 24.7. The number of aliphatic hydroxyl groups excluding tert-OH is 3. The fourth-order valence-electron chi connectivity index (χ4n) is 3.47. The zero-order valence-electron chi connectivity index (χ0n) is 16.7. The molecule has 7 nitrogen and oxygen atoms in total. The molecule has 14 heteroatoms. The molecule has 2 aromatic carbocycles. The van der Waals surface area contributed by atoms with E-state index in [1.807, 2.05) is 0 Å². The Morgan fingerprint density at radius 2 is 1.59 bits per heavy atom. The molecule has 0 aliphatic carbocycles. The van der Waals surface area contributed by atoms with E-state index in [0.29, 0.717) is 4.90 Å². The lowest BCUT2D eigenvalue weighted by atomic mass is 9.97. The number of aromatic nitrogens is 3. The van der Waals surface area contributed by atoms with Gasteiger partial charge in [-0.3, -0.25) is 0 Å². The van der Waals surface area contributed by atoms with Crippen molar-refractivity contribution in [1.29, 1.82) is 0 Å². The SMILES string of the molecule is OC[C@H]1O[C@H](Sc2cc(Cl)c(F)c(Cl)c2)[C@H](O)[C@@H](n2cc(-c3cc(F)c(F)c(F)c3)nn2)[C@H]1O. The van der Waals surface area contributed by atoms with Crippen LogP contribution in [0.15, 0.2) is 35.4 Å². The van der Waals surface area contributed by atoms with Crippen LogP contribution in [-0.2, 0) is 4.74 Å². The van der Waals surface area contributed by atoms with E-state index in [1.165, 1.54) is 18.3 Å². The van der Waals surface area contributed by atoms with Gasteiger partial charge in [-0.1, -0.05) is 40.2 Å². The van der Waals surface area contributed by atoms with Crippen molar-refractivity contribution in [3.63, 3.8) is 0 Å². The molecule has 0 unspecified atom stereocenters. The van der Waals surface area contributed by atoms with Crippen molar-refractivity contribution in [3.05, 3.63) is 63.8 Å². The summed E-state index contributed by atoms with van der Waals surface area (Å²) in [6, 6.07) is 2.76. The van der Waals surface area contributed by atoms with Crippen LogP contribution < -0.4 is 0 Å². The maximum absolute atomic E-state index is 13.7. The number of thioether (sulfide) groups is 1. The molecule has 5 atom stereocenters. The fraction of sp³-hybridized carbons (Fsp3) is 0.300. The van der Waals surface area contributed by atoms with Crippen molar-refractivity contribution in [2.24, 2.45) is 0 Å². The number of nitrogens with zero attached hydrogens (tertiary/aromatic N) is 3. The summed E-state index contributed by atoms with van der Waals surface area (Å²) >= 11 is 12.5. The summed E-state index contributed by atoms with van der Waals surface area (Å²) in [6.45, 7) is -0.623. The monoisotopic (exact) mass is 539 g/mol. The van der Waals surface area contributed by atoms with Gasteiger partial charge in [0.2, 0.25) is 0 Å². The zero-order valence-corrected chi connectivity index (χ0v) is 19.1. The third-order valence-electron chi connectivity index (χ3n) is 5.15. The largest absolute Gasteiger partial charge is 0.394 e. The quantitative estimate of drug-likeness (QED) is 0.336. The normalized spacial score (nSPS) is 25.0. The number of benzene rings is 2. The van der Waals surface area contributed by atoms with Crippen LogP contribution in [-0.4, -0.2) is 60.7 Å². The molecule has 2 heterocycles. The Bertz CT molecular complexity index is 1170. The van der Waals surface area contributed by atoms with Gasteiger partial charge in [-0.15, -0.1) is 5.10 Å². The van der Waals surface area contributed by atoms with E-state index in [4.69, 9.17) is 27.9 Å². The van der Waals surface area contributed by atoms with Crippen LogP contribution in [0.5, 0.6) is 0 Å². The average Bonchev–Trinajstić information content (AvgIpc) is 3.27. The Kier molecular flexibility index (Phi) is 7.38. The number of aliphatic hydroxyl groups is 3. The van der Waals surface area contributed by atoms with E-state index in [9.17, 15) is 32.9 Å². The van der Waals surface area contributed by atoms with Crippen LogP contribution in [0, 0.1) is 23.3 Å². The van der Waals surface area contributed by atoms with Crippen molar-refractivity contribution >= 4 is 35.0 Å². The Morgan fingerprint density at radius 1 is 0.971 bits per heavy atom. The summed E-state index contributed by atoms with van der Waals surface area (Å²) in [5, 5.41) is 38.4. The number of halogens is 6. The first-order valence-corrected chi connectivity index (χ1v) is 11.2. The minimum absolute atomic E-state index is 0.0643. The molecule has 1 aliphatic heterocycles. The minimum Gasteiger partial charge on any atom is -0.394 e. The third-order valence-corrected chi connectivity index (χ3v) is 6.83. The Labute approximate surface area is 203 Å². The van der Waals surface area contributed by atoms with Crippen molar-refractivity contribution in [1.82, 2.24) is 15.0 Å². The second kappa shape index (κ2) is 9.97. The molecule has 182 valence electrons. The molecule has 4 rings (SSSR count). The first kappa shape index (κ1) is 25.2. The highest BCUT2D eigenvalue weighted by Gasteiger charge is 2.46. The van der Waals surface area contributed by atoms with E-state index >= 15 is 0 Å². The van der Waals surface area contributed by atoms with E-state index in [-0.39, 0.29) is 21.3 Å². The molecule has 0 amide bonds. The lowest BCUT2D eigenvalue weighted by molar-refractivity contribution is -0.178. The molecule has 3 N–H and O–H groups in total. The molecule has 1 aliphatic rings. The third kappa shape index (κ3) is 4.76. The molecule has 3 aromatic rings. The summed E-state index contributed by atoms with van der Waals surface area (Å²) in [5.41, 5.74) is -1.29. The summed E-state index contributed by atoms with van der Waals surface area (Å²) in [5.74, 6) is -5.31. The van der Waals surface area contributed by atoms with Gasteiger partial charge in [0.25, 0.3) is 0 Å². The Balaban J connectivity index is 1.64. The Morgan fingerprint density at radius 3 is 2.18 bits per heavy atom. The van der Waals surface area contributed by atoms with Gasteiger partial charge in [0.1, 0.15) is 35.5 Å². The maximum Gasteiger partial charge on any atom is 0.194 e. The van der Waals surface area contributed by atoms with Crippen LogP contribution in [0.3, 0.4) is 0 Å². The maximum atomic E-state index is 13.7. The Hall–Kier alpha value is -1.93. The summed E-state index contributed by atoms with van der Waals surface area (Å²) < 4.78 is 60.9. The summed E-state index contributed by atoms with van der Waals surface area (Å²) in [6.07, 6.45) is -2.89. The minimum atomic E-state index is -1.64. The summed E-state index contributed by atoms with van der Waals surface area (Å²) in [4.78, 5) is 0.337. The molecule has 0 spiro atoms. The smallest absolute Gasteiger partial charge is 0.194 e. The second-order valence-electron chi connectivity index (χ2n) is 7.35. The van der Waals surface area contributed by atoms with Gasteiger partial charge in [0, 0.05) is 10.5 Å². The molecule has 1 fully saturated rings. The molecular formula is C20H15Cl2F4N3O4S. The molecule has 1 aromatic heterocycles. The number of hydrogen-bond donors (Lipinski definition) is 3. The van der Waals surface area contributed by atoms with E-state index in [2.05, 4.69) is 10.3 Å². The number of ether oxygens (including phenoxy) is 1. The van der Waals surface area contributed by atoms with Crippen LogP contribution in [0.2, 0.25) is 10.0 Å². The van der Waals surface area contributed by atoms with Gasteiger partial charge in [-0.05, 0) is 24.3 Å². The van der Waals surface area contributed by atoms with Crippen molar-refractivity contribution in [3.8, 4) is 11.3 Å². The van der Waals surface area contributed by atoms with Crippen LogP contribution in [0.25, 0.3) is 11.3 Å². The van der Waals surface area contributed by atoms with Gasteiger partial charge in [0.05, 0.1) is 22.8 Å². The molecule has 1 saturated heterocycles. The number of hydrogen-bond acceptors (Lipinski definition) is 7. The standard InChI is InChI=1S/C20H15Cl2F4N3O4S/c21-9-3-8(4-10(22)15(9)25)34-20-19(32)17(18(31)14(6-30)33-20)29-5-13(27-28-29)7-1-11(23)16(26)12(24)2-7/h1-5,14,17-20,30-32H,6H2/t14-,17+,18+,19-,20-/m1/s1. The summed E-state index contributed by atoms with van der Waals surface area (Å²) in [7, 11) is 0. The van der Waals surface area contributed by atoms with Crippen LogP contribution >= 0.6 is 35.0 Å². The van der Waals surface area contributed by atoms with Crippen LogP contribution in [0.4, 0.5) is 17.6 Å². The van der Waals surface area contributed by atoms with E-state index in [1.54, 1.807) is 0 Å². The van der Waals surface area contributed by atoms with Crippen molar-refractivity contribution < 1.29 is 37.6 Å². The van der Waals surface area contributed by atoms with Gasteiger partial charge in [0.15, 0.2) is 23.3 Å². The van der Waals surface area contributed by atoms with Crippen molar-refractivity contribution in [2.75, 3.05) is 6.61 Å². The van der Waals surface area contributed by atoms with Gasteiger partial charge in [-0.2, -0.15) is 0 Å². The molecular weight excluding hydrogens is 525 g/mol. The predicted molar refractivity (Wildman–Crippen MR) is 114 cm³/mol. The highest BCUT2D eigenvalue weighted by molar-refractivity contribution is 7.99. The predicted octanol–water partition coefficient (Wildman–Crippen LogP) is 3.58. The van der Waals surface area contributed by atoms with Gasteiger partial charge in [-0.25, -0.2) is 22.2 Å². The lowest BCUT2D eigenvalue weighted by Crippen LogP contribution is -2.55. The molecule has 0 bridgehead atoms. The molecule has 0 saturated carbocycles.